The highest BCUT2D eigenvalue weighted by atomic mass is 32.2. The van der Waals surface area contributed by atoms with Crippen molar-refractivity contribution in [3.05, 3.63) is 24.3 Å². The van der Waals surface area contributed by atoms with Gasteiger partial charge in [0.15, 0.2) is 11.0 Å². The van der Waals surface area contributed by atoms with Gasteiger partial charge in [-0.05, 0) is 31.2 Å². The van der Waals surface area contributed by atoms with Crippen LogP contribution in [-0.2, 0) is 11.8 Å². The number of thioether (sulfide) groups is 1. The second-order valence-corrected chi connectivity index (χ2v) is 5.50. The maximum Gasteiger partial charge on any atom is 0.316 e. The number of carboxylic acids is 1. The molecule has 106 valence electrons. The molecule has 1 aromatic heterocycles. The molecule has 1 unspecified atom stereocenters. The van der Waals surface area contributed by atoms with Gasteiger partial charge in [0.25, 0.3) is 0 Å². The van der Waals surface area contributed by atoms with E-state index in [0.717, 1.165) is 11.3 Å². The zero-order chi connectivity index (χ0) is 14.7. The highest BCUT2D eigenvalue weighted by molar-refractivity contribution is 8.00. The molecule has 7 heteroatoms. The molecule has 0 fully saturated rings. The Labute approximate surface area is 120 Å². The van der Waals surface area contributed by atoms with Gasteiger partial charge in [0, 0.05) is 12.6 Å². The van der Waals surface area contributed by atoms with Crippen LogP contribution in [0.5, 0.6) is 5.75 Å². The number of aliphatic carboxylic acids is 1. The zero-order valence-electron chi connectivity index (χ0n) is 11.4. The molecule has 0 amide bonds. The molecule has 1 aromatic carbocycles. The van der Waals surface area contributed by atoms with Gasteiger partial charge < -0.3 is 14.4 Å². The number of aromatic nitrogens is 3. The Balaban J connectivity index is 2.25. The van der Waals surface area contributed by atoms with Crippen molar-refractivity contribution in [1.29, 1.82) is 0 Å². The Morgan fingerprint density at radius 1 is 1.35 bits per heavy atom. The van der Waals surface area contributed by atoms with Gasteiger partial charge in [0.2, 0.25) is 0 Å². The van der Waals surface area contributed by atoms with Gasteiger partial charge in [-0.1, -0.05) is 11.8 Å². The Morgan fingerprint density at radius 2 is 2.00 bits per heavy atom. The number of nitrogens with zero attached hydrogens (tertiary/aromatic N) is 3. The first kappa shape index (κ1) is 14.4. The second-order valence-electron chi connectivity index (χ2n) is 4.19. The first-order valence-corrected chi connectivity index (χ1v) is 6.84. The molecule has 1 atom stereocenters. The first-order valence-electron chi connectivity index (χ1n) is 5.96. The van der Waals surface area contributed by atoms with Gasteiger partial charge in [0.1, 0.15) is 11.0 Å². The quantitative estimate of drug-likeness (QED) is 0.850. The topological polar surface area (TPSA) is 77.2 Å². The van der Waals surface area contributed by atoms with E-state index in [1.165, 1.54) is 11.8 Å². The molecule has 0 aliphatic rings. The van der Waals surface area contributed by atoms with E-state index in [1.807, 2.05) is 31.3 Å². The summed E-state index contributed by atoms with van der Waals surface area (Å²) in [5, 5.41) is 17.1. The van der Waals surface area contributed by atoms with Crippen LogP contribution in [0.2, 0.25) is 0 Å². The summed E-state index contributed by atoms with van der Waals surface area (Å²) in [4.78, 5) is 10.9. The van der Waals surface area contributed by atoms with Gasteiger partial charge in [-0.3, -0.25) is 4.79 Å². The lowest BCUT2D eigenvalue weighted by molar-refractivity contribution is -0.136. The largest absolute Gasteiger partial charge is 0.497 e. The third-order valence-corrected chi connectivity index (χ3v) is 3.93. The number of hydrogen-bond acceptors (Lipinski definition) is 5. The molecule has 0 saturated carbocycles. The fourth-order valence-corrected chi connectivity index (χ4v) is 2.37. The summed E-state index contributed by atoms with van der Waals surface area (Å²) in [6.07, 6.45) is 0. The number of carbonyl (C=O) groups is 1. The predicted molar refractivity (Wildman–Crippen MR) is 75.9 cm³/mol. The summed E-state index contributed by atoms with van der Waals surface area (Å²) in [7, 11) is 3.43. The average molecular weight is 293 g/mol. The molecular weight excluding hydrogens is 278 g/mol. The maximum absolute atomic E-state index is 10.9. The van der Waals surface area contributed by atoms with Crippen LogP contribution in [0.15, 0.2) is 29.4 Å². The smallest absolute Gasteiger partial charge is 0.316 e. The second kappa shape index (κ2) is 5.96. The van der Waals surface area contributed by atoms with Crippen LogP contribution < -0.4 is 4.74 Å². The Kier molecular flexibility index (Phi) is 4.29. The van der Waals surface area contributed by atoms with E-state index in [9.17, 15) is 4.79 Å². The van der Waals surface area contributed by atoms with E-state index in [0.29, 0.717) is 11.0 Å². The van der Waals surface area contributed by atoms with E-state index in [1.54, 1.807) is 18.6 Å². The van der Waals surface area contributed by atoms with Crippen LogP contribution in [0, 0.1) is 0 Å². The molecular formula is C13H15N3O3S. The molecule has 6 nitrogen and oxygen atoms in total. The van der Waals surface area contributed by atoms with Crippen molar-refractivity contribution < 1.29 is 14.6 Å². The number of hydrogen-bond donors (Lipinski definition) is 1. The fraction of sp³-hybridized carbons (Fsp3) is 0.308. The van der Waals surface area contributed by atoms with Crippen molar-refractivity contribution in [2.45, 2.75) is 17.3 Å². The Morgan fingerprint density at radius 3 is 2.55 bits per heavy atom. The average Bonchev–Trinajstić information content (AvgIpc) is 2.80. The highest BCUT2D eigenvalue weighted by Gasteiger charge is 2.18. The molecule has 0 radical (unpaired) electrons. The maximum atomic E-state index is 10.9. The lowest BCUT2D eigenvalue weighted by atomic mass is 10.2. The lowest BCUT2D eigenvalue weighted by Gasteiger charge is -2.06. The van der Waals surface area contributed by atoms with Crippen LogP contribution in [0.3, 0.4) is 0 Å². The molecule has 0 aliphatic carbocycles. The summed E-state index contributed by atoms with van der Waals surface area (Å²) in [6.45, 7) is 1.62. The van der Waals surface area contributed by atoms with Gasteiger partial charge >= 0.3 is 5.97 Å². The molecule has 0 aliphatic heterocycles. The molecule has 1 heterocycles. The summed E-state index contributed by atoms with van der Waals surface area (Å²) >= 11 is 1.17. The normalized spacial score (nSPS) is 12.2. The minimum Gasteiger partial charge on any atom is -0.497 e. The minimum absolute atomic E-state index is 0.568. The Hall–Kier alpha value is -2.02. The van der Waals surface area contributed by atoms with Crippen molar-refractivity contribution >= 4 is 17.7 Å². The first-order chi connectivity index (χ1) is 9.52. The molecule has 0 bridgehead atoms. The van der Waals surface area contributed by atoms with Gasteiger partial charge in [-0.25, -0.2) is 0 Å². The highest BCUT2D eigenvalue weighted by Crippen LogP contribution is 2.26. The SMILES string of the molecule is COc1ccc(-c2nnc(SC(C)C(=O)O)n2C)cc1. The monoisotopic (exact) mass is 293 g/mol. The van der Waals surface area contributed by atoms with Gasteiger partial charge in [0.05, 0.1) is 7.11 Å². The summed E-state index contributed by atoms with van der Waals surface area (Å²) in [5.74, 6) is 0.585. The van der Waals surface area contributed by atoms with E-state index in [4.69, 9.17) is 9.84 Å². The predicted octanol–water partition coefficient (Wildman–Crippen LogP) is 2.06. The van der Waals surface area contributed by atoms with E-state index >= 15 is 0 Å². The van der Waals surface area contributed by atoms with Crippen molar-refractivity contribution in [1.82, 2.24) is 14.8 Å². The number of benzene rings is 1. The van der Waals surface area contributed by atoms with Crippen LogP contribution >= 0.6 is 11.8 Å². The Bertz CT molecular complexity index is 610. The third kappa shape index (κ3) is 2.93. The van der Waals surface area contributed by atoms with Gasteiger partial charge in [-0.15, -0.1) is 10.2 Å². The van der Waals surface area contributed by atoms with Crippen LogP contribution in [-0.4, -0.2) is 38.2 Å². The fourth-order valence-electron chi connectivity index (χ4n) is 1.62. The minimum atomic E-state index is -0.871. The molecule has 0 saturated heterocycles. The lowest BCUT2D eigenvalue weighted by Crippen LogP contribution is -2.12. The van der Waals surface area contributed by atoms with Crippen molar-refractivity contribution in [2.24, 2.45) is 7.05 Å². The molecule has 2 aromatic rings. The van der Waals surface area contributed by atoms with E-state index in [-0.39, 0.29) is 0 Å². The summed E-state index contributed by atoms with van der Waals surface area (Å²) < 4.78 is 6.89. The van der Waals surface area contributed by atoms with Crippen LogP contribution in [0.25, 0.3) is 11.4 Å². The van der Waals surface area contributed by atoms with Crippen molar-refractivity contribution in [3.63, 3.8) is 0 Å². The summed E-state index contributed by atoms with van der Waals surface area (Å²) in [5.41, 5.74) is 0.899. The van der Waals surface area contributed by atoms with Crippen molar-refractivity contribution in [2.75, 3.05) is 7.11 Å². The summed E-state index contributed by atoms with van der Waals surface area (Å²) in [6, 6.07) is 7.46. The third-order valence-electron chi connectivity index (χ3n) is 2.81. The molecule has 2 rings (SSSR count). The van der Waals surface area contributed by atoms with E-state index < -0.39 is 11.2 Å². The molecule has 1 N–H and O–H groups in total. The zero-order valence-corrected chi connectivity index (χ0v) is 12.2. The standard InChI is InChI=1S/C13H15N3O3S/c1-8(12(17)18)20-13-15-14-11(16(13)2)9-4-6-10(19-3)7-5-9/h4-8H,1-3H3,(H,17,18). The number of carboxylic acid groups (broad SMARTS) is 1. The molecule has 20 heavy (non-hydrogen) atoms. The number of rotatable bonds is 5. The van der Waals surface area contributed by atoms with Crippen molar-refractivity contribution in [3.8, 4) is 17.1 Å². The number of ether oxygens (including phenoxy) is 1. The van der Waals surface area contributed by atoms with E-state index in [2.05, 4.69) is 10.2 Å². The van der Waals surface area contributed by atoms with Gasteiger partial charge in [-0.2, -0.15) is 0 Å². The molecule has 0 spiro atoms. The number of methoxy groups -OCH3 is 1. The van der Waals surface area contributed by atoms with Crippen LogP contribution in [0.4, 0.5) is 0 Å². The van der Waals surface area contributed by atoms with Crippen LogP contribution in [0.1, 0.15) is 6.92 Å².